The average Bonchev–Trinajstić information content (AvgIpc) is 2.62. The van der Waals surface area contributed by atoms with E-state index in [9.17, 15) is 9.59 Å². The summed E-state index contributed by atoms with van der Waals surface area (Å²) in [6, 6.07) is 19.0. The molecule has 23 heavy (non-hydrogen) atoms. The van der Waals surface area contributed by atoms with Gasteiger partial charge in [0.25, 0.3) is 5.91 Å². The van der Waals surface area contributed by atoms with Crippen molar-refractivity contribution in [1.29, 1.82) is 0 Å². The molecule has 0 fully saturated rings. The van der Waals surface area contributed by atoms with Gasteiger partial charge in [-0.05, 0) is 24.1 Å². The Kier molecular flexibility index (Phi) is 6.36. The Morgan fingerprint density at radius 1 is 0.913 bits per heavy atom. The predicted molar refractivity (Wildman–Crippen MR) is 91.3 cm³/mol. The van der Waals surface area contributed by atoms with E-state index in [1.54, 1.807) is 24.3 Å². The molecule has 2 amide bonds. The maximum Gasteiger partial charge on any atom is 0.251 e. The highest BCUT2D eigenvalue weighted by molar-refractivity contribution is 5.96. The number of carbonyl (C=O) groups excluding carboxylic acids is 2. The number of amides is 2. The molecule has 0 bridgehead atoms. The third-order valence-corrected chi connectivity index (χ3v) is 3.75. The van der Waals surface area contributed by atoms with Gasteiger partial charge in [0.1, 0.15) is 0 Å². The molecule has 2 aromatic rings. The molecule has 0 aliphatic rings. The van der Waals surface area contributed by atoms with Crippen molar-refractivity contribution in [2.45, 2.75) is 19.3 Å². The highest BCUT2D eigenvalue weighted by Gasteiger charge is 2.11. The van der Waals surface area contributed by atoms with E-state index in [2.05, 4.69) is 29.7 Å². The molecular formula is C19H22N2O2. The zero-order chi connectivity index (χ0) is 16.5. The van der Waals surface area contributed by atoms with Crippen molar-refractivity contribution in [3.63, 3.8) is 0 Å². The van der Waals surface area contributed by atoms with Crippen LogP contribution < -0.4 is 10.6 Å². The summed E-state index contributed by atoms with van der Waals surface area (Å²) in [4.78, 5) is 23.8. The van der Waals surface area contributed by atoms with Crippen LogP contribution in [0.5, 0.6) is 0 Å². The zero-order valence-electron chi connectivity index (χ0n) is 13.3. The molecule has 0 aliphatic heterocycles. The third-order valence-electron chi connectivity index (χ3n) is 3.75. The molecular weight excluding hydrogens is 288 g/mol. The van der Waals surface area contributed by atoms with Crippen molar-refractivity contribution in [2.24, 2.45) is 0 Å². The summed E-state index contributed by atoms with van der Waals surface area (Å²) in [6.45, 7) is 2.65. The minimum atomic E-state index is -0.240. The molecule has 0 radical (unpaired) electrons. The van der Waals surface area contributed by atoms with Gasteiger partial charge in [-0.25, -0.2) is 0 Å². The van der Waals surface area contributed by atoms with Crippen LogP contribution in [0.15, 0.2) is 60.7 Å². The van der Waals surface area contributed by atoms with Crippen LogP contribution in [-0.2, 0) is 4.79 Å². The molecule has 2 aromatic carbocycles. The summed E-state index contributed by atoms with van der Waals surface area (Å²) in [5, 5.41) is 5.51. The van der Waals surface area contributed by atoms with Gasteiger partial charge < -0.3 is 10.6 Å². The molecule has 0 saturated heterocycles. The fourth-order valence-electron chi connectivity index (χ4n) is 2.37. The average molecular weight is 310 g/mol. The van der Waals surface area contributed by atoms with E-state index in [4.69, 9.17) is 0 Å². The second-order valence-electron chi connectivity index (χ2n) is 5.37. The van der Waals surface area contributed by atoms with E-state index >= 15 is 0 Å². The van der Waals surface area contributed by atoms with Gasteiger partial charge in [-0.1, -0.05) is 55.5 Å². The lowest BCUT2D eigenvalue weighted by Crippen LogP contribution is -2.38. The number of benzene rings is 2. The second-order valence-corrected chi connectivity index (χ2v) is 5.37. The molecule has 0 saturated carbocycles. The van der Waals surface area contributed by atoms with Gasteiger partial charge in [-0.15, -0.1) is 0 Å². The van der Waals surface area contributed by atoms with Crippen molar-refractivity contribution in [2.75, 3.05) is 13.1 Å². The lowest BCUT2D eigenvalue weighted by atomic mass is 9.96. The Bertz CT molecular complexity index is 626. The Morgan fingerprint density at radius 3 is 2.13 bits per heavy atom. The van der Waals surface area contributed by atoms with Gasteiger partial charge in [0.2, 0.25) is 5.91 Å². The number of rotatable bonds is 7. The molecule has 0 unspecified atom stereocenters. The molecule has 1 atom stereocenters. The minimum Gasteiger partial charge on any atom is -0.354 e. The lowest BCUT2D eigenvalue weighted by Gasteiger charge is -2.16. The molecule has 0 aromatic heterocycles. The van der Waals surface area contributed by atoms with Crippen molar-refractivity contribution < 1.29 is 9.59 Å². The first-order chi connectivity index (χ1) is 11.2. The van der Waals surface area contributed by atoms with Crippen LogP contribution in [0.1, 0.15) is 35.2 Å². The molecule has 0 spiro atoms. The first-order valence-electron chi connectivity index (χ1n) is 7.85. The van der Waals surface area contributed by atoms with Gasteiger partial charge in [0, 0.05) is 18.0 Å². The van der Waals surface area contributed by atoms with Crippen LogP contribution in [0.3, 0.4) is 0 Å². The first-order valence-corrected chi connectivity index (χ1v) is 7.85. The van der Waals surface area contributed by atoms with Gasteiger partial charge in [-0.2, -0.15) is 0 Å². The highest BCUT2D eigenvalue weighted by Crippen LogP contribution is 2.17. The number of hydrogen-bond donors (Lipinski definition) is 2. The summed E-state index contributed by atoms with van der Waals surface area (Å²) in [7, 11) is 0. The summed E-state index contributed by atoms with van der Waals surface area (Å²) < 4.78 is 0. The van der Waals surface area contributed by atoms with Crippen LogP contribution >= 0.6 is 0 Å². The van der Waals surface area contributed by atoms with Crippen LogP contribution in [0.2, 0.25) is 0 Å². The van der Waals surface area contributed by atoms with E-state index in [-0.39, 0.29) is 24.3 Å². The van der Waals surface area contributed by atoms with E-state index in [0.717, 1.165) is 6.42 Å². The van der Waals surface area contributed by atoms with Gasteiger partial charge in [-0.3, -0.25) is 9.59 Å². The van der Waals surface area contributed by atoms with Crippen molar-refractivity contribution >= 4 is 11.8 Å². The van der Waals surface area contributed by atoms with Crippen molar-refractivity contribution in [3.8, 4) is 0 Å². The molecule has 4 nitrogen and oxygen atoms in total. The fourth-order valence-corrected chi connectivity index (χ4v) is 2.37. The normalized spacial score (nSPS) is 11.5. The monoisotopic (exact) mass is 310 g/mol. The molecule has 2 rings (SSSR count). The van der Waals surface area contributed by atoms with Crippen molar-refractivity contribution in [1.82, 2.24) is 10.6 Å². The van der Waals surface area contributed by atoms with E-state index in [1.165, 1.54) is 5.56 Å². The van der Waals surface area contributed by atoms with E-state index in [0.29, 0.717) is 12.1 Å². The van der Waals surface area contributed by atoms with E-state index < -0.39 is 0 Å². The smallest absolute Gasteiger partial charge is 0.251 e. The SMILES string of the molecule is CC[C@@H](CNC(=O)CNC(=O)c1ccccc1)c1ccccc1. The fraction of sp³-hybridized carbons (Fsp3) is 0.263. The molecule has 0 aliphatic carbocycles. The van der Waals surface area contributed by atoms with Crippen molar-refractivity contribution in [3.05, 3.63) is 71.8 Å². The quantitative estimate of drug-likeness (QED) is 0.826. The Hall–Kier alpha value is -2.62. The van der Waals surface area contributed by atoms with Crippen LogP contribution in [-0.4, -0.2) is 24.9 Å². The van der Waals surface area contributed by atoms with Crippen LogP contribution in [0, 0.1) is 0 Å². The number of nitrogens with one attached hydrogen (secondary N) is 2. The lowest BCUT2D eigenvalue weighted by molar-refractivity contribution is -0.120. The maximum atomic E-state index is 11.9. The Morgan fingerprint density at radius 2 is 1.52 bits per heavy atom. The van der Waals surface area contributed by atoms with Gasteiger partial charge in [0.05, 0.1) is 6.54 Å². The first kappa shape index (κ1) is 16.7. The maximum absolute atomic E-state index is 11.9. The van der Waals surface area contributed by atoms with Crippen LogP contribution in [0.25, 0.3) is 0 Å². The summed E-state index contributed by atoms with van der Waals surface area (Å²) >= 11 is 0. The predicted octanol–water partition coefficient (Wildman–Crippen LogP) is 2.73. The topological polar surface area (TPSA) is 58.2 Å². The van der Waals surface area contributed by atoms with Gasteiger partial charge in [0.15, 0.2) is 0 Å². The highest BCUT2D eigenvalue weighted by atomic mass is 16.2. The van der Waals surface area contributed by atoms with Crippen LogP contribution in [0.4, 0.5) is 0 Å². The minimum absolute atomic E-state index is 0.0149. The summed E-state index contributed by atoms with van der Waals surface area (Å²) in [6.07, 6.45) is 0.945. The number of hydrogen-bond acceptors (Lipinski definition) is 2. The molecule has 4 heteroatoms. The molecule has 120 valence electrons. The molecule has 2 N–H and O–H groups in total. The zero-order valence-corrected chi connectivity index (χ0v) is 13.3. The number of carbonyl (C=O) groups is 2. The standard InChI is InChI=1S/C19H22N2O2/c1-2-15(16-9-5-3-6-10-16)13-20-18(22)14-21-19(23)17-11-7-4-8-12-17/h3-12,15H,2,13-14H2,1H3,(H,20,22)(H,21,23)/t15-/m0/s1. The largest absolute Gasteiger partial charge is 0.354 e. The van der Waals surface area contributed by atoms with Gasteiger partial charge >= 0.3 is 0 Å². The summed E-state index contributed by atoms with van der Waals surface area (Å²) in [5.41, 5.74) is 1.76. The third kappa shape index (κ3) is 5.25. The Balaban J connectivity index is 1.77. The van der Waals surface area contributed by atoms with E-state index in [1.807, 2.05) is 24.3 Å². The molecule has 0 heterocycles. The Labute approximate surface area is 136 Å². The second kappa shape index (κ2) is 8.73. The summed E-state index contributed by atoms with van der Waals surface area (Å²) in [5.74, 6) is -0.135.